The topological polar surface area (TPSA) is 46.6 Å². The van der Waals surface area contributed by atoms with Gasteiger partial charge in [0.2, 0.25) is 0 Å². The number of rotatable bonds is 6. The van der Waals surface area contributed by atoms with Gasteiger partial charge in [0.05, 0.1) is 30.5 Å². The highest BCUT2D eigenvalue weighted by Gasteiger charge is 2.35. The molecule has 0 fully saturated rings. The monoisotopic (exact) mass is 439 g/mol. The molecule has 3 aromatic carbocycles. The molecule has 0 spiro atoms. The molecular formula is C29H29NO3. The van der Waals surface area contributed by atoms with E-state index in [1.165, 1.54) is 12.7 Å². The summed E-state index contributed by atoms with van der Waals surface area (Å²) in [5, 5.41) is 0. The summed E-state index contributed by atoms with van der Waals surface area (Å²) < 4.78 is 4.85. The number of ether oxygens (including phenoxy) is 1. The summed E-state index contributed by atoms with van der Waals surface area (Å²) in [6.45, 7) is 6.79. The van der Waals surface area contributed by atoms with E-state index < -0.39 is 0 Å². The second-order valence-corrected chi connectivity index (χ2v) is 8.59. The normalized spacial score (nSPS) is 14.5. The van der Waals surface area contributed by atoms with E-state index in [9.17, 15) is 9.59 Å². The van der Waals surface area contributed by atoms with E-state index in [0.717, 1.165) is 39.9 Å². The molecule has 33 heavy (non-hydrogen) atoms. The smallest absolute Gasteiger partial charge is 0.337 e. The lowest BCUT2D eigenvalue weighted by Gasteiger charge is -2.19. The van der Waals surface area contributed by atoms with E-state index >= 15 is 0 Å². The molecule has 0 saturated carbocycles. The number of allylic oxidation sites excluding steroid dienone is 1. The van der Waals surface area contributed by atoms with Crippen molar-refractivity contribution in [3.8, 4) is 0 Å². The van der Waals surface area contributed by atoms with Crippen LogP contribution in [0.2, 0.25) is 0 Å². The van der Waals surface area contributed by atoms with Crippen molar-refractivity contribution in [2.45, 2.75) is 33.7 Å². The molecule has 168 valence electrons. The van der Waals surface area contributed by atoms with Crippen LogP contribution < -0.4 is 4.90 Å². The molecule has 4 rings (SSSR count). The van der Waals surface area contributed by atoms with Crippen molar-refractivity contribution in [2.75, 3.05) is 12.0 Å². The number of para-hydroxylation sites is 1. The zero-order valence-corrected chi connectivity index (χ0v) is 19.6. The van der Waals surface area contributed by atoms with Crippen LogP contribution in [-0.2, 0) is 22.5 Å². The summed E-state index contributed by atoms with van der Waals surface area (Å²) in [6, 6.07) is 23.7. The first-order valence-corrected chi connectivity index (χ1v) is 11.4. The van der Waals surface area contributed by atoms with E-state index in [-0.39, 0.29) is 17.8 Å². The number of hydrogen-bond acceptors (Lipinski definition) is 3. The van der Waals surface area contributed by atoms with E-state index in [4.69, 9.17) is 4.74 Å². The molecule has 1 aliphatic rings. The number of methoxy groups -OCH3 is 1. The Hall–Kier alpha value is -3.66. The quantitative estimate of drug-likeness (QED) is 0.342. The molecule has 4 heteroatoms. The van der Waals surface area contributed by atoms with Gasteiger partial charge >= 0.3 is 5.97 Å². The Morgan fingerprint density at radius 3 is 2.30 bits per heavy atom. The van der Waals surface area contributed by atoms with E-state index in [1.807, 2.05) is 41.3 Å². The molecule has 0 radical (unpaired) electrons. The van der Waals surface area contributed by atoms with Crippen molar-refractivity contribution in [3.05, 3.63) is 101 Å². The zero-order valence-electron chi connectivity index (χ0n) is 19.6. The summed E-state index contributed by atoms with van der Waals surface area (Å²) in [5.41, 5.74) is 7.37. The van der Waals surface area contributed by atoms with Crippen molar-refractivity contribution in [3.63, 3.8) is 0 Å². The van der Waals surface area contributed by atoms with Crippen LogP contribution in [0.3, 0.4) is 0 Å². The van der Waals surface area contributed by atoms with E-state index in [1.54, 1.807) is 12.1 Å². The SMILES string of the molecule is CCc1ccc(C(=C2C(=O)N(Cc3cccc(C(=O)OC)c3)c3ccccc32)C(C)C)cc1. The molecule has 0 unspecified atom stereocenters. The Morgan fingerprint density at radius 1 is 0.909 bits per heavy atom. The standard InChI is InChI=1S/C29H29NO3/c1-5-20-13-15-22(16-14-20)26(19(2)3)27-24-11-6-7-12-25(24)30(28(27)31)18-21-9-8-10-23(17-21)29(32)33-4/h6-17,19H,5,18H2,1-4H3. The highest BCUT2D eigenvalue weighted by atomic mass is 16.5. The summed E-state index contributed by atoms with van der Waals surface area (Å²) >= 11 is 0. The third-order valence-electron chi connectivity index (χ3n) is 6.13. The number of aryl methyl sites for hydroxylation is 1. The Morgan fingerprint density at radius 2 is 1.64 bits per heavy atom. The number of benzene rings is 3. The van der Waals surface area contributed by atoms with Crippen molar-refractivity contribution < 1.29 is 14.3 Å². The van der Waals surface area contributed by atoms with Gasteiger partial charge in [-0.15, -0.1) is 0 Å². The minimum Gasteiger partial charge on any atom is -0.465 e. The van der Waals surface area contributed by atoms with Crippen molar-refractivity contribution >= 4 is 28.7 Å². The van der Waals surface area contributed by atoms with Gasteiger partial charge < -0.3 is 9.64 Å². The number of carbonyl (C=O) groups is 2. The minimum atomic E-state index is -0.386. The second kappa shape index (κ2) is 9.45. The maximum Gasteiger partial charge on any atom is 0.337 e. The highest BCUT2D eigenvalue weighted by Crippen LogP contribution is 2.43. The van der Waals surface area contributed by atoms with Gasteiger partial charge in [-0.3, -0.25) is 4.79 Å². The minimum absolute atomic E-state index is 0.0112. The first kappa shape index (κ1) is 22.5. The Labute approximate surface area is 195 Å². The first-order chi connectivity index (χ1) is 15.9. The average molecular weight is 440 g/mol. The van der Waals surface area contributed by atoms with Crippen LogP contribution in [0.4, 0.5) is 5.69 Å². The molecule has 4 nitrogen and oxygen atoms in total. The average Bonchev–Trinajstić information content (AvgIpc) is 3.10. The lowest BCUT2D eigenvalue weighted by molar-refractivity contribution is -0.113. The number of fused-ring (bicyclic) bond motifs is 1. The van der Waals surface area contributed by atoms with Crippen molar-refractivity contribution in [1.82, 2.24) is 0 Å². The number of anilines is 1. The van der Waals surface area contributed by atoms with Gasteiger partial charge in [-0.25, -0.2) is 4.79 Å². The van der Waals surface area contributed by atoms with Gasteiger partial charge in [0, 0.05) is 5.56 Å². The van der Waals surface area contributed by atoms with Crippen LogP contribution in [0.25, 0.3) is 11.1 Å². The van der Waals surface area contributed by atoms with Gasteiger partial charge in [-0.1, -0.05) is 75.4 Å². The Balaban J connectivity index is 1.80. The maximum atomic E-state index is 13.9. The van der Waals surface area contributed by atoms with Crippen LogP contribution in [-0.4, -0.2) is 19.0 Å². The number of hydrogen-bond donors (Lipinski definition) is 0. The van der Waals surface area contributed by atoms with Crippen LogP contribution >= 0.6 is 0 Å². The summed E-state index contributed by atoms with van der Waals surface area (Å²) in [7, 11) is 1.37. The Kier molecular flexibility index (Phi) is 6.45. The summed E-state index contributed by atoms with van der Waals surface area (Å²) in [5.74, 6) is -0.224. The van der Waals surface area contributed by atoms with Gasteiger partial charge in [0.1, 0.15) is 0 Å². The molecule has 0 aromatic heterocycles. The largest absolute Gasteiger partial charge is 0.465 e. The molecular weight excluding hydrogens is 410 g/mol. The van der Waals surface area contributed by atoms with Crippen molar-refractivity contribution in [1.29, 1.82) is 0 Å². The molecule has 0 atom stereocenters. The zero-order chi connectivity index (χ0) is 23.5. The molecule has 0 bridgehead atoms. The van der Waals surface area contributed by atoms with E-state index in [0.29, 0.717) is 12.1 Å². The number of nitrogens with zero attached hydrogens (tertiary/aromatic N) is 1. The fourth-order valence-corrected chi connectivity index (χ4v) is 4.48. The number of amides is 1. The molecule has 1 amide bonds. The second-order valence-electron chi connectivity index (χ2n) is 8.59. The fourth-order valence-electron chi connectivity index (χ4n) is 4.48. The van der Waals surface area contributed by atoms with Gasteiger partial charge in [-0.2, -0.15) is 0 Å². The highest BCUT2D eigenvalue weighted by molar-refractivity contribution is 6.37. The molecule has 0 aliphatic carbocycles. The molecule has 1 heterocycles. The molecule has 1 aliphatic heterocycles. The molecule has 0 N–H and O–H groups in total. The lowest BCUT2D eigenvalue weighted by Crippen LogP contribution is -2.26. The number of carbonyl (C=O) groups excluding carboxylic acids is 2. The van der Waals surface area contributed by atoms with Crippen molar-refractivity contribution in [2.24, 2.45) is 5.92 Å². The van der Waals surface area contributed by atoms with Gasteiger partial charge in [0.25, 0.3) is 5.91 Å². The van der Waals surface area contributed by atoms with Crippen LogP contribution in [0.1, 0.15) is 53.4 Å². The van der Waals surface area contributed by atoms with Crippen LogP contribution in [0, 0.1) is 5.92 Å². The maximum absolute atomic E-state index is 13.9. The van der Waals surface area contributed by atoms with Crippen LogP contribution in [0.15, 0.2) is 72.8 Å². The fraction of sp³-hybridized carbons (Fsp3) is 0.241. The summed E-state index contributed by atoms with van der Waals surface area (Å²) in [4.78, 5) is 27.6. The predicted octanol–water partition coefficient (Wildman–Crippen LogP) is 6.15. The summed E-state index contributed by atoms with van der Waals surface area (Å²) in [6.07, 6.45) is 0.980. The first-order valence-electron chi connectivity index (χ1n) is 11.4. The van der Waals surface area contributed by atoms with Gasteiger partial charge in [-0.05, 0) is 52.8 Å². The van der Waals surface area contributed by atoms with Gasteiger partial charge in [0.15, 0.2) is 0 Å². The number of esters is 1. The molecule has 3 aromatic rings. The lowest BCUT2D eigenvalue weighted by atomic mass is 9.87. The molecule has 0 saturated heterocycles. The Bertz CT molecular complexity index is 1220. The third-order valence-corrected chi connectivity index (χ3v) is 6.13. The third kappa shape index (κ3) is 4.34. The predicted molar refractivity (Wildman–Crippen MR) is 133 cm³/mol. The van der Waals surface area contributed by atoms with E-state index in [2.05, 4.69) is 45.0 Å². The van der Waals surface area contributed by atoms with Crippen LogP contribution in [0.5, 0.6) is 0 Å².